The van der Waals surface area contributed by atoms with Crippen LogP contribution in [0.5, 0.6) is 0 Å². The Kier molecular flexibility index (Phi) is 5.57. The second-order valence-corrected chi connectivity index (χ2v) is 7.14. The number of rotatable bonds is 4. The predicted octanol–water partition coefficient (Wildman–Crippen LogP) is 5.09. The van der Waals surface area contributed by atoms with Crippen LogP contribution < -0.4 is 0 Å². The van der Waals surface area contributed by atoms with E-state index in [1.165, 1.54) is 11.6 Å². The summed E-state index contributed by atoms with van der Waals surface area (Å²) < 4.78 is 78.5. The van der Waals surface area contributed by atoms with Gasteiger partial charge in [0.1, 0.15) is 11.4 Å². The first-order chi connectivity index (χ1) is 13.5. The fourth-order valence-electron chi connectivity index (χ4n) is 2.49. The van der Waals surface area contributed by atoms with Crippen LogP contribution in [0, 0.1) is 0 Å². The second-order valence-electron chi connectivity index (χ2n) is 5.84. The van der Waals surface area contributed by atoms with E-state index in [1.807, 2.05) is 0 Å². The van der Waals surface area contributed by atoms with Crippen molar-refractivity contribution in [1.29, 1.82) is 0 Å². The Bertz CT molecular complexity index is 1010. The molecule has 0 N–H and O–H groups in total. The van der Waals surface area contributed by atoms with Crippen LogP contribution in [0.3, 0.4) is 0 Å². The molecule has 0 aromatic carbocycles. The predicted molar refractivity (Wildman–Crippen MR) is 93.9 cm³/mol. The lowest BCUT2D eigenvalue weighted by Gasteiger charge is -2.12. The van der Waals surface area contributed by atoms with E-state index in [0.717, 1.165) is 30.0 Å². The topological polar surface area (TPSA) is 56.5 Å². The molecular weight excluding hydrogens is 420 g/mol. The number of pyridine rings is 2. The summed E-state index contributed by atoms with van der Waals surface area (Å²) in [5.41, 5.74) is -1.47. The van der Waals surface area contributed by atoms with Crippen molar-refractivity contribution in [1.82, 2.24) is 24.7 Å². The van der Waals surface area contributed by atoms with Crippen molar-refractivity contribution < 1.29 is 26.3 Å². The van der Waals surface area contributed by atoms with Gasteiger partial charge in [0.25, 0.3) is 0 Å². The number of thioether (sulfide) groups is 1. The summed E-state index contributed by atoms with van der Waals surface area (Å²) in [6, 6.07) is 3.01. The second kappa shape index (κ2) is 7.65. The molecule has 0 bridgehead atoms. The largest absolute Gasteiger partial charge is 0.417 e. The van der Waals surface area contributed by atoms with Crippen LogP contribution in [0.25, 0.3) is 23.0 Å². The van der Waals surface area contributed by atoms with E-state index in [9.17, 15) is 26.3 Å². The minimum Gasteiger partial charge on any atom is -0.307 e. The van der Waals surface area contributed by atoms with Crippen LogP contribution in [0.1, 0.15) is 18.1 Å². The summed E-state index contributed by atoms with van der Waals surface area (Å²) in [5, 5.41) is 7.89. The van der Waals surface area contributed by atoms with Crippen LogP contribution in [0.2, 0.25) is 0 Å². The van der Waals surface area contributed by atoms with Gasteiger partial charge in [-0.25, -0.2) is 0 Å². The zero-order chi connectivity index (χ0) is 21.4. The number of hydrogen-bond donors (Lipinski definition) is 0. The first-order valence-electron chi connectivity index (χ1n) is 8.15. The van der Waals surface area contributed by atoms with E-state index in [1.54, 1.807) is 6.92 Å². The Balaban J connectivity index is 2.03. The third-order valence-electron chi connectivity index (χ3n) is 3.89. The molecule has 0 aliphatic heterocycles. The maximum atomic E-state index is 13.0. The molecule has 0 fully saturated rings. The van der Waals surface area contributed by atoms with Crippen molar-refractivity contribution in [3.8, 4) is 23.0 Å². The van der Waals surface area contributed by atoms with E-state index in [4.69, 9.17) is 0 Å². The highest BCUT2D eigenvalue weighted by Gasteiger charge is 2.33. The highest BCUT2D eigenvalue weighted by molar-refractivity contribution is 7.99. The Hall–Kier alpha value is -2.63. The standard InChI is InChI=1S/C17H13F6N5S/c1-3-29-12-6-10(17(21,22)23)8-25-13(12)15-27-26-14(28(15)2)11-5-4-9(7-24-11)16(18,19)20/h4-8H,3H2,1-2H3. The first-order valence-corrected chi connectivity index (χ1v) is 9.14. The van der Waals surface area contributed by atoms with Gasteiger partial charge >= 0.3 is 12.4 Å². The average Bonchev–Trinajstić information content (AvgIpc) is 3.02. The van der Waals surface area contributed by atoms with Crippen LogP contribution in [0.15, 0.2) is 35.5 Å². The molecule has 0 atom stereocenters. The van der Waals surface area contributed by atoms with Crippen molar-refractivity contribution in [2.45, 2.75) is 24.2 Å². The van der Waals surface area contributed by atoms with E-state index >= 15 is 0 Å². The average molecular weight is 433 g/mol. The summed E-state index contributed by atoms with van der Waals surface area (Å²) in [7, 11) is 1.53. The molecule has 0 unspecified atom stereocenters. The minimum absolute atomic E-state index is 0.135. The van der Waals surface area contributed by atoms with E-state index < -0.39 is 23.5 Å². The van der Waals surface area contributed by atoms with Crippen LogP contribution >= 0.6 is 11.8 Å². The van der Waals surface area contributed by atoms with E-state index in [2.05, 4.69) is 20.2 Å². The molecule has 3 heterocycles. The third-order valence-corrected chi connectivity index (χ3v) is 4.80. The van der Waals surface area contributed by atoms with Crippen LogP contribution in [-0.4, -0.2) is 30.5 Å². The molecule has 3 aromatic rings. The zero-order valence-corrected chi connectivity index (χ0v) is 15.8. The molecule has 0 aliphatic carbocycles. The number of alkyl halides is 6. The Morgan fingerprint density at radius 3 is 2.07 bits per heavy atom. The van der Waals surface area contributed by atoms with Crippen LogP contribution in [0.4, 0.5) is 26.3 Å². The number of aromatic nitrogens is 5. The van der Waals surface area contributed by atoms with Gasteiger partial charge in [0.2, 0.25) is 0 Å². The Morgan fingerprint density at radius 1 is 0.897 bits per heavy atom. The zero-order valence-electron chi connectivity index (χ0n) is 15.0. The fraction of sp³-hybridized carbons (Fsp3) is 0.294. The van der Waals surface area contributed by atoms with Gasteiger partial charge in [0.05, 0.1) is 11.1 Å². The number of hydrogen-bond acceptors (Lipinski definition) is 5. The highest BCUT2D eigenvalue weighted by Crippen LogP contribution is 2.36. The SMILES string of the molecule is CCSc1cc(C(F)(F)F)cnc1-c1nnc(-c2ccc(C(F)(F)F)cn2)n1C. The van der Waals surface area contributed by atoms with Gasteiger partial charge in [0.15, 0.2) is 11.6 Å². The minimum atomic E-state index is -4.54. The monoisotopic (exact) mass is 433 g/mol. The molecule has 29 heavy (non-hydrogen) atoms. The molecule has 5 nitrogen and oxygen atoms in total. The first kappa shape index (κ1) is 21.1. The highest BCUT2D eigenvalue weighted by atomic mass is 32.2. The normalized spacial score (nSPS) is 12.4. The molecular formula is C17H13F6N5S. The lowest BCUT2D eigenvalue weighted by Crippen LogP contribution is -2.07. The van der Waals surface area contributed by atoms with Gasteiger partial charge in [-0.05, 0) is 24.0 Å². The van der Waals surface area contributed by atoms with Crippen molar-refractivity contribution >= 4 is 11.8 Å². The molecule has 0 saturated carbocycles. The lowest BCUT2D eigenvalue weighted by molar-refractivity contribution is -0.138. The van der Waals surface area contributed by atoms with Crippen LogP contribution in [-0.2, 0) is 19.4 Å². The number of nitrogens with zero attached hydrogens (tertiary/aromatic N) is 5. The van der Waals surface area contributed by atoms with Gasteiger partial charge in [-0.15, -0.1) is 22.0 Å². The summed E-state index contributed by atoms with van der Waals surface area (Å²) in [4.78, 5) is 7.95. The number of halogens is 6. The molecule has 0 aliphatic rings. The van der Waals surface area contributed by atoms with Crippen molar-refractivity contribution in [3.05, 3.63) is 41.7 Å². The molecule has 3 aromatic heterocycles. The Morgan fingerprint density at radius 2 is 1.52 bits per heavy atom. The Labute approximate surface area is 165 Å². The molecule has 0 spiro atoms. The summed E-state index contributed by atoms with van der Waals surface area (Å²) in [6.45, 7) is 1.78. The van der Waals surface area contributed by atoms with Gasteiger partial charge in [-0.3, -0.25) is 9.97 Å². The van der Waals surface area contributed by atoms with E-state index in [0.29, 0.717) is 18.1 Å². The smallest absolute Gasteiger partial charge is 0.307 e. The van der Waals surface area contributed by atoms with Gasteiger partial charge < -0.3 is 4.57 Å². The lowest BCUT2D eigenvalue weighted by atomic mass is 10.2. The summed E-state index contributed by atoms with van der Waals surface area (Å²) >= 11 is 1.16. The molecule has 12 heteroatoms. The molecule has 154 valence electrons. The fourth-order valence-corrected chi connectivity index (χ4v) is 3.29. The van der Waals surface area contributed by atoms with Crippen molar-refractivity contribution in [2.75, 3.05) is 5.75 Å². The molecule has 0 radical (unpaired) electrons. The maximum absolute atomic E-state index is 13.0. The molecule has 3 rings (SSSR count). The van der Waals surface area contributed by atoms with Crippen molar-refractivity contribution in [3.63, 3.8) is 0 Å². The van der Waals surface area contributed by atoms with E-state index in [-0.39, 0.29) is 27.9 Å². The van der Waals surface area contributed by atoms with Gasteiger partial charge in [-0.2, -0.15) is 26.3 Å². The van der Waals surface area contributed by atoms with Crippen molar-refractivity contribution in [2.24, 2.45) is 7.05 Å². The van der Waals surface area contributed by atoms with Gasteiger partial charge in [-0.1, -0.05) is 6.92 Å². The van der Waals surface area contributed by atoms with Gasteiger partial charge in [0, 0.05) is 24.3 Å². The third kappa shape index (κ3) is 4.36. The maximum Gasteiger partial charge on any atom is 0.417 e. The molecule has 0 amide bonds. The summed E-state index contributed by atoms with van der Waals surface area (Å²) in [5.74, 6) is 0.829. The molecule has 0 saturated heterocycles. The quantitative estimate of drug-likeness (QED) is 0.424. The summed E-state index contributed by atoms with van der Waals surface area (Å²) in [6.07, 6.45) is -7.67.